The molecule has 32 heavy (non-hydrogen) atoms. The largest absolute Gasteiger partial charge is 0.311 e. The molecule has 0 bridgehead atoms. The highest BCUT2D eigenvalue weighted by atomic mass is 14.9. The molecule has 1 heterocycles. The van der Waals surface area contributed by atoms with Crippen LogP contribution < -0.4 is 5.32 Å². The van der Waals surface area contributed by atoms with E-state index in [9.17, 15) is 0 Å². The first-order chi connectivity index (χ1) is 15.8. The van der Waals surface area contributed by atoms with E-state index in [1.54, 1.807) is 0 Å². The van der Waals surface area contributed by atoms with E-state index in [2.05, 4.69) is 86.8 Å². The van der Waals surface area contributed by atoms with Crippen molar-refractivity contribution in [1.29, 1.82) is 0 Å². The highest BCUT2D eigenvalue weighted by Gasteiger charge is 2.13. The van der Waals surface area contributed by atoms with Gasteiger partial charge in [0.1, 0.15) is 0 Å². The molecule has 170 valence electrons. The van der Waals surface area contributed by atoms with Crippen LogP contribution >= 0.6 is 0 Å². The SMILES string of the molecule is CCCCCCc1ccc(-c2ccc(CNCCC)nc2-c2ccccc2)cc1CCC. The zero-order valence-corrected chi connectivity index (χ0v) is 20.3. The highest BCUT2D eigenvalue weighted by molar-refractivity contribution is 5.81. The molecule has 1 aromatic heterocycles. The van der Waals surface area contributed by atoms with E-state index in [1.165, 1.54) is 66.3 Å². The summed E-state index contributed by atoms with van der Waals surface area (Å²) in [5.41, 5.74) is 8.91. The lowest BCUT2D eigenvalue weighted by atomic mass is 9.92. The monoisotopic (exact) mass is 428 g/mol. The van der Waals surface area contributed by atoms with Gasteiger partial charge in [0.25, 0.3) is 0 Å². The van der Waals surface area contributed by atoms with Crippen LogP contribution in [0.25, 0.3) is 22.4 Å². The highest BCUT2D eigenvalue weighted by Crippen LogP contribution is 2.32. The number of nitrogens with zero attached hydrogens (tertiary/aromatic N) is 1. The quantitative estimate of drug-likeness (QED) is 0.279. The van der Waals surface area contributed by atoms with Gasteiger partial charge in [0.05, 0.1) is 11.4 Å². The fraction of sp³-hybridized carbons (Fsp3) is 0.433. The fourth-order valence-electron chi connectivity index (χ4n) is 4.32. The normalized spacial score (nSPS) is 11.1. The number of hydrogen-bond donors (Lipinski definition) is 1. The number of aryl methyl sites for hydroxylation is 2. The molecule has 0 aliphatic rings. The lowest BCUT2D eigenvalue weighted by Gasteiger charge is -2.15. The number of hydrogen-bond acceptors (Lipinski definition) is 2. The minimum Gasteiger partial charge on any atom is -0.311 e. The predicted octanol–water partition coefficient (Wildman–Crippen LogP) is 7.99. The first kappa shape index (κ1) is 24.2. The van der Waals surface area contributed by atoms with Crippen LogP contribution in [-0.4, -0.2) is 11.5 Å². The Morgan fingerprint density at radius 1 is 0.688 bits per heavy atom. The van der Waals surface area contributed by atoms with Crippen molar-refractivity contribution >= 4 is 0 Å². The van der Waals surface area contributed by atoms with Gasteiger partial charge in [0.15, 0.2) is 0 Å². The first-order valence-corrected chi connectivity index (χ1v) is 12.6. The van der Waals surface area contributed by atoms with Crippen LogP contribution in [0.4, 0.5) is 0 Å². The molecule has 2 aromatic carbocycles. The molecule has 0 atom stereocenters. The first-order valence-electron chi connectivity index (χ1n) is 12.6. The van der Waals surface area contributed by atoms with Gasteiger partial charge in [-0.05, 0) is 55.0 Å². The van der Waals surface area contributed by atoms with Crippen molar-refractivity contribution in [3.05, 3.63) is 77.5 Å². The lowest BCUT2D eigenvalue weighted by molar-refractivity contribution is 0.664. The Bertz CT molecular complexity index is 946. The predicted molar refractivity (Wildman–Crippen MR) is 139 cm³/mol. The van der Waals surface area contributed by atoms with Crippen LogP contribution in [0.15, 0.2) is 60.7 Å². The average molecular weight is 429 g/mol. The van der Waals surface area contributed by atoms with Crippen molar-refractivity contribution in [3.63, 3.8) is 0 Å². The summed E-state index contributed by atoms with van der Waals surface area (Å²) in [6, 6.07) is 22.2. The Morgan fingerprint density at radius 3 is 2.28 bits per heavy atom. The Kier molecular flexibility index (Phi) is 9.97. The third kappa shape index (κ3) is 6.77. The molecule has 2 nitrogen and oxygen atoms in total. The topological polar surface area (TPSA) is 24.9 Å². The van der Waals surface area contributed by atoms with Crippen molar-refractivity contribution < 1.29 is 0 Å². The molecular weight excluding hydrogens is 388 g/mol. The molecule has 1 N–H and O–H groups in total. The van der Waals surface area contributed by atoms with Crippen LogP contribution in [0.1, 0.15) is 76.1 Å². The second-order valence-electron chi connectivity index (χ2n) is 8.79. The van der Waals surface area contributed by atoms with Crippen molar-refractivity contribution in [3.8, 4) is 22.4 Å². The van der Waals surface area contributed by atoms with Crippen LogP contribution in [0.2, 0.25) is 0 Å². The number of pyridine rings is 1. The summed E-state index contributed by atoms with van der Waals surface area (Å²) in [5.74, 6) is 0. The summed E-state index contributed by atoms with van der Waals surface area (Å²) in [7, 11) is 0. The Morgan fingerprint density at radius 2 is 1.53 bits per heavy atom. The van der Waals surface area contributed by atoms with E-state index in [-0.39, 0.29) is 0 Å². The zero-order valence-electron chi connectivity index (χ0n) is 20.3. The van der Waals surface area contributed by atoms with Crippen LogP contribution in [-0.2, 0) is 19.4 Å². The molecule has 0 fully saturated rings. The Hall–Kier alpha value is -2.45. The Labute approximate surface area is 195 Å². The van der Waals surface area contributed by atoms with Crippen molar-refractivity contribution in [1.82, 2.24) is 10.3 Å². The van der Waals surface area contributed by atoms with Gasteiger partial charge in [0.2, 0.25) is 0 Å². The summed E-state index contributed by atoms with van der Waals surface area (Å²) in [6.07, 6.45) is 9.91. The second kappa shape index (κ2) is 13.2. The minimum absolute atomic E-state index is 0.811. The van der Waals surface area contributed by atoms with Crippen molar-refractivity contribution in [2.75, 3.05) is 6.54 Å². The van der Waals surface area contributed by atoms with E-state index in [4.69, 9.17) is 4.98 Å². The number of rotatable bonds is 13. The Balaban J connectivity index is 1.95. The third-order valence-electron chi connectivity index (χ3n) is 6.07. The van der Waals surface area contributed by atoms with E-state index >= 15 is 0 Å². The smallest absolute Gasteiger partial charge is 0.0784 e. The maximum atomic E-state index is 5.10. The lowest BCUT2D eigenvalue weighted by Crippen LogP contribution is -2.15. The van der Waals surface area contributed by atoms with Gasteiger partial charge in [-0.25, -0.2) is 0 Å². The van der Waals surface area contributed by atoms with E-state index in [0.717, 1.165) is 37.3 Å². The van der Waals surface area contributed by atoms with Gasteiger partial charge in [-0.15, -0.1) is 0 Å². The maximum absolute atomic E-state index is 5.10. The molecule has 0 saturated heterocycles. The molecule has 0 aliphatic carbocycles. The fourth-order valence-corrected chi connectivity index (χ4v) is 4.32. The summed E-state index contributed by atoms with van der Waals surface area (Å²) in [5, 5.41) is 3.49. The molecule has 3 rings (SSSR count). The molecule has 0 radical (unpaired) electrons. The standard InChI is InChI=1S/C30H40N2/c1-4-7-8-10-14-24-17-18-27(22-26(24)13-5-2)29-20-19-28(23-31-21-6-3)32-30(29)25-15-11-9-12-16-25/h9,11-12,15-20,22,31H,4-8,10,13-14,21,23H2,1-3H3. The van der Waals surface area contributed by atoms with E-state index < -0.39 is 0 Å². The molecule has 0 saturated carbocycles. The number of aromatic nitrogens is 1. The van der Waals surface area contributed by atoms with E-state index in [1.807, 2.05) is 0 Å². The van der Waals surface area contributed by atoms with Gasteiger partial charge in [-0.1, -0.05) is 101 Å². The van der Waals surface area contributed by atoms with Gasteiger partial charge in [0, 0.05) is 17.7 Å². The van der Waals surface area contributed by atoms with Gasteiger partial charge >= 0.3 is 0 Å². The molecule has 0 unspecified atom stereocenters. The van der Waals surface area contributed by atoms with Crippen LogP contribution in [0.3, 0.4) is 0 Å². The molecule has 0 aliphatic heterocycles. The maximum Gasteiger partial charge on any atom is 0.0784 e. The molecule has 0 spiro atoms. The van der Waals surface area contributed by atoms with Crippen LogP contribution in [0, 0.1) is 0 Å². The molecule has 0 amide bonds. The van der Waals surface area contributed by atoms with Crippen molar-refractivity contribution in [2.24, 2.45) is 0 Å². The zero-order chi connectivity index (χ0) is 22.6. The summed E-state index contributed by atoms with van der Waals surface area (Å²) in [4.78, 5) is 5.10. The van der Waals surface area contributed by atoms with Crippen molar-refractivity contribution in [2.45, 2.75) is 78.7 Å². The van der Waals surface area contributed by atoms with Gasteiger partial charge in [-0.2, -0.15) is 0 Å². The van der Waals surface area contributed by atoms with Gasteiger partial charge in [-0.3, -0.25) is 4.98 Å². The number of unbranched alkanes of at least 4 members (excludes halogenated alkanes) is 3. The summed E-state index contributed by atoms with van der Waals surface area (Å²) < 4.78 is 0. The summed E-state index contributed by atoms with van der Waals surface area (Å²) >= 11 is 0. The molecular formula is C30H40N2. The van der Waals surface area contributed by atoms with Crippen LogP contribution in [0.5, 0.6) is 0 Å². The van der Waals surface area contributed by atoms with Gasteiger partial charge < -0.3 is 5.32 Å². The average Bonchev–Trinajstić information content (AvgIpc) is 2.83. The molecule has 2 heteroatoms. The number of benzene rings is 2. The summed E-state index contributed by atoms with van der Waals surface area (Å²) in [6.45, 7) is 8.58. The van der Waals surface area contributed by atoms with E-state index in [0.29, 0.717) is 0 Å². The number of nitrogens with one attached hydrogen (secondary N) is 1. The second-order valence-corrected chi connectivity index (χ2v) is 8.79. The minimum atomic E-state index is 0.811. The third-order valence-corrected chi connectivity index (χ3v) is 6.07. The molecule has 3 aromatic rings.